The van der Waals surface area contributed by atoms with Crippen molar-refractivity contribution < 1.29 is 13.9 Å². The Morgan fingerprint density at radius 3 is 2.75 bits per heavy atom. The van der Waals surface area contributed by atoms with E-state index in [1.807, 2.05) is 0 Å². The zero-order valence-corrected chi connectivity index (χ0v) is 12.0. The maximum absolute atomic E-state index is 13.4. The Hall–Kier alpha value is -2.08. The highest BCUT2D eigenvalue weighted by Gasteiger charge is 2.08. The fourth-order valence-electron chi connectivity index (χ4n) is 1.64. The van der Waals surface area contributed by atoms with Gasteiger partial charge in [-0.15, -0.1) is 0 Å². The average molecular weight is 339 g/mol. The van der Waals surface area contributed by atoms with E-state index in [0.29, 0.717) is 11.3 Å². The molecular formula is C14H12BrFN2O2. The maximum atomic E-state index is 13.4. The normalized spacial score (nSPS) is 10.3. The van der Waals surface area contributed by atoms with E-state index in [2.05, 4.69) is 15.9 Å². The molecule has 0 spiro atoms. The molecule has 0 aliphatic heterocycles. The van der Waals surface area contributed by atoms with Gasteiger partial charge in [-0.3, -0.25) is 4.79 Å². The number of hydrogen-bond donors (Lipinski definition) is 2. The van der Waals surface area contributed by atoms with Crippen LogP contribution in [0.15, 0.2) is 40.9 Å². The van der Waals surface area contributed by atoms with Gasteiger partial charge in [-0.05, 0) is 39.7 Å². The summed E-state index contributed by atoms with van der Waals surface area (Å²) in [4.78, 5) is 11.1. The molecular weight excluding hydrogens is 327 g/mol. The molecule has 0 fully saturated rings. The summed E-state index contributed by atoms with van der Waals surface area (Å²) >= 11 is 3.04. The number of nitrogen functional groups attached to an aromatic ring is 1. The van der Waals surface area contributed by atoms with Crippen LogP contribution >= 0.6 is 15.9 Å². The van der Waals surface area contributed by atoms with E-state index in [-0.39, 0.29) is 16.8 Å². The summed E-state index contributed by atoms with van der Waals surface area (Å²) in [6.45, 7) is 0.159. The predicted molar refractivity (Wildman–Crippen MR) is 77.8 cm³/mol. The van der Waals surface area contributed by atoms with E-state index >= 15 is 0 Å². The van der Waals surface area contributed by atoms with Gasteiger partial charge in [0.05, 0.1) is 10.2 Å². The minimum Gasteiger partial charge on any atom is -0.487 e. The molecule has 20 heavy (non-hydrogen) atoms. The molecule has 104 valence electrons. The molecule has 4 N–H and O–H groups in total. The molecule has 0 aliphatic rings. The quantitative estimate of drug-likeness (QED) is 0.841. The van der Waals surface area contributed by atoms with Crippen LogP contribution in [0.5, 0.6) is 5.75 Å². The van der Waals surface area contributed by atoms with E-state index < -0.39 is 11.7 Å². The van der Waals surface area contributed by atoms with E-state index in [0.717, 1.165) is 5.56 Å². The fraction of sp³-hybridized carbons (Fsp3) is 0.0714. The number of amides is 1. The number of anilines is 1. The number of benzene rings is 2. The van der Waals surface area contributed by atoms with Gasteiger partial charge in [0, 0.05) is 11.6 Å². The molecule has 2 aromatic carbocycles. The number of ether oxygens (including phenoxy) is 1. The lowest BCUT2D eigenvalue weighted by Crippen LogP contribution is -2.11. The highest BCUT2D eigenvalue weighted by atomic mass is 79.9. The lowest BCUT2D eigenvalue weighted by Gasteiger charge is -2.10. The maximum Gasteiger partial charge on any atom is 0.248 e. The molecule has 2 aromatic rings. The monoisotopic (exact) mass is 338 g/mol. The van der Waals surface area contributed by atoms with Gasteiger partial charge in [0.15, 0.2) is 0 Å². The van der Waals surface area contributed by atoms with Crippen LogP contribution in [0.2, 0.25) is 0 Å². The van der Waals surface area contributed by atoms with E-state index in [9.17, 15) is 9.18 Å². The first-order valence-electron chi connectivity index (χ1n) is 5.73. The van der Waals surface area contributed by atoms with Crippen molar-refractivity contribution in [1.82, 2.24) is 0 Å². The Morgan fingerprint density at radius 1 is 1.30 bits per heavy atom. The summed E-state index contributed by atoms with van der Waals surface area (Å²) in [7, 11) is 0. The van der Waals surface area contributed by atoms with Gasteiger partial charge in [-0.2, -0.15) is 0 Å². The number of halogens is 2. The molecule has 1 amide bonds. The van der Waals surface area contributed by atoms with Crippen LogP contribution in [-0.4, -0.2) is 5.91 Å². The van der Waals surface area contributed by atoms with Crippen LogP contribution < -0.4 is 16.2 Å². The zero-order chi connectivity index (χ0) is 14.7. The summed E-state index contributed by atoms with van der Waals surface area (Å²) in [6, 6.07) is 9.34. The van der Waals surface area contributed by atoms with Gasteiger partial charge in [0.2, 0.25) is 5.91 Å². The Kier molecular flexibility index (Phi) is 4.24. The van der Waals surface area contributed by atoms with E-state index in [4.69, 9.17) is 16.2 Å². The van der Waals surface area contributed by atoms with Crippen LogP contribution in [0.3, 0.4) is 0 Å². The molecule has 0 bridgehead atoms. The Bertz CT molecular complexity index is 662. The molecule has 0 atom stereocenters. The largest absolute Gasteiger partial charge is 0.487 e. The number of primary amides is 1. The highest BCUT2D eigenvalue weighted by Crippen LogP contribution is 2.29. The molecule has 0 radical (unpaired) electrons. The topological polar surface area (TPSA) is 78.3 Å². The Morgan fingerprint density at radius 2 is 2.05 bits per heavy atom. The van der Waals surface area contributed by atoms with Gasteiger partial charge in [0.25, 0.3) is 0 Å². The third-order valence-corrected chi connectivity index (χ3v) is 3.27. The summed E-state index contributed by atoms with van der Waals surface area (Å²) < 4.78 is 19.1. The van der Waals surface area contributed by atoms with E-state index in [1.165, 1.54) is 12.1 Å². The fourth-order valence-corrected chi connectivity index (χ4v) is 2.01. The molecule has 0 unspecified atom stereocenters. The molecule has 0 heterocycles. The van der Waals surface area contributed by atoms with Crippen molar-refractivity contribution in [3.63, 3.8) is 0 Å². The first-order valence-corrected chi connectivity index (χ1v) is 6.52. The Labute approximate surface area is 123 Å². The van der Waals surface area contributed by atoms with Gasteiger partial charge < -0.3 is 16.2 Å². The van der Waals surface area contributed by atoms with Gasteiger partial charge in [-0.25, -0.2) is 4.39 Å². The van der Waals surface area contributed by atoms with Crippen molar-refractivity contribution in [3.8, 4) is 5.75 Å². The summed E-state index contributed by atoms with van der Waals surface area (Å²) in [6.07, 6.45) is 0. The molecule has 6 heteroatoms. The van der Waals surface area contributed by atoms with Crippen molar-refractivity contribution in [2.75, 3.05) is 5.73 Å². The molecule has 0 aliphatic carbocycles. The van der Waals surface area contributed by atoms with Gasteiger partial charge in [-0.1, -0.05) is 12.1 Å². The molecule has 4 nitrogen and oxygen atoms in total. The smallest absolute Gasteiger partial charge is 0.248 e. The molecule has 2 rings (SSSR count). The third-order valence-electron chi connectivity index (χ3n) is 2.66. The van der Waals surface area contributed by atoms with Crippen LogP contribution in [-0.2, 0) is 6.61 Å². The molecule has 0 saturated heterocycles. The van der Waals surface area contributed by atoms with Crippen molar-refractivity contribution >= 4 is 27.5 Å². The second kappa shape index (κ2) is 5.92. The lowest BCUT2D eigenvalue weighted by atomic mass is 10.1. The van der Waals surface area contributed by atoms with Gasteiger partial charge in [0.1, 0.15) is 18.2 Å². The van der Waals surface area contributed by atoms with Crippen molar-refractivity contribution in [3.05, 3.63) is 57.8 Å². The van der Waals surface area contributed by atoms with Crippen molar-refractivity contribution in [1.29, 1.82) is 0 Å². The Balaban J connectivity index is 2.15. The summed E-state index contributed by atoms with van der Waals surface area (Å²) in [5.41, 5.74) is 12.4. The van der Waals surface area contributed by atoms with Crippen LogP contribution in [0, 0.1) is 5.82 Å². The molecule has 0 aromatic heterocycles. The lowest BCUT2D eigenvalue weighted by molar-refractivity contribution is 0.1000. The number of carbonyl (C=O) groups is 1. The van der Waals surface area contributed by atoms with Crippen molar-refractivity contribution in [2.45, 2.75) is 6.61 Å². The SMILES string of the molecule is NC(=O)c1cccc(COc2cc(F)c(Br)cc2N)c1. The number of carbonyl (C=O) groups excluding carboxylic acids is 1. The minimum absolute atomic E-state index is 0.159. The van der Waals surface area contributed by atoms with E-state index in [1.54, 1.807) is 24.3 Å². The number of hydrogen-bond acceptors (Lipinski definition) is 3. The first kappa shape index (κ1) is 14.3. The summed E-state index contributed by atoms with van der Waals surface area (Å²) in [5.74, 6) is -0.726. The standard InChI is InChI=1S/C14H12BrFN2O2/c15-10-5-12(17)13(6-11(10)16)20-7-8-2-1-3-9(4-8)14(18)19/h1-6H,7,17H2,(H2,18,19). The van der Waals surface area contributed by atoms with Crippen LogP contribution in [0.25, 0.3) is 0 Å². The van der Waals surface area contributed by atoms with Gasteiger partial charge >= 0.3 is 0 Å². The van der Waals surface area contributed by atoms with Crippen LogP contribution in [0.4, 0.5) is 10.1 Å². The second-order valence-corrected chi connectivity index (χ2v) is 5.01. The zero-order valence-electron chi connectivity index (χ0n) is 10.4. The second-order valence-electron chi connectivity index (χ2n) is 4.16. The molecule has 0 saturated carbocycles. The highest BCUT2D eigenvalue weighted by molar-refractivity contribution is 9.10. The first-order chi connectivity index (χ1) is 9.47. The number of nitrogens with two attached hydrogens (primary N) is 2. The third kappa shape index (κ3) is 3.27. The van der Waals surface area contributed by atoms with Crippen molar-refractivity contribution in [2.24, 2.45) is 5.73 Å². The van der Waals surface area contributed by atoms with Crippen LogP contribution in [0.1, 0.15) is 15.9 Å². The number of rotatable bonds is 4. The minimum atomic E-state index is -0.513. The predicted octanol–water partition coefficient (Wildman–Crippen LogP) is 2.85. The summed E-state index contributed by atoms with van der Waals surface area (Å²) in [5, 5.41) is 0. The average Bonchev–Trinajstić information content (AvgIpc) is 2.41.